The maximum atomic E-state index is 12.0. The van der Waals surface area contributed by atoms with Crippen LogP contribution in [0.2, 0.25) is 5.15 Å². The summed E-state index contributed by atoms with van der Waals surface area (Å²) in [6, 6.07) is 6.95. The fourth-order valence-electron chi connectivity index (χ4n) is 1.47. The third-order valence-electron chi connectivity index (χ3n) is 2.71. The van der Waals surface area contributed by atoms with E-state index in [0.29, 0.717) is 16.7 Å². The number of pyridine rings is 1. The molecule has 2 heterocycles. The van der Waals surface area contributed by atoms with E-state index in [2.05, 4.69) is 26.0 Å². The number of rotatable bonds is 4. The maximum absolute atomic E-state index is 12.0. The predicted octanol–water partition coefficient (Wildman–Crippen LogP) is 0.0302. The van der Waals surface area contributed by atoms with Crippen molar-refractivity contribution in [3.8, 4) is 0 Å². The maximum Gasteiger partial charge on any atom is 0.247 e. The molecule has 1 atom stereocenters. The van der Waals surface area contributed by atoms with Crippen molar-refractivity contribution in [2.75, 3.05) is 5.43 Å². The second-order valence-electron chi connectivity index (χ2n) is 4.34. The van der Waals surface area contributed by atoms with Gasteiger partial charge in [-0.1, -0.05) is 23.1 Å². The lowest BCUT2D eigenvalue weighted by Crippen LogP contribution is -2.33. The number of hydrazine groups is 1. The zero-order valence-electron chi connectivity index (χ0n) is 11.1. The molecule has 0 saturated carbocycles. The average Bonchev–Trinajstić information content (AvgIpc) is 2.46. The summed E-state index contributed by atoms with van der Waals surface area (Å²) in [6.45, 7) is 1.73. The number of nitrogens with one attached hydrogen (secondary N) is 2. The van der Waals surface area contributed by atoms with Crippen LogP contribution < -0.4 is 16.3 Å². The first-order chi connectivity index (χ1) is 9.56. The third-order valence-corrected chi connectivity index (χ3v) is 2.92. The Bertz CT molecular complexity index is 590. The van der Waals surface area contributed by atoms with Crippen LogP contribution in [0.25, 0.3) is 0 Å². The van der Waals surface area contributed by atoms with Crippen LogP contribution in [-0.2, 0) is 4.79 Å². The summed E-state index contributed by atoms with van der Waals surface area (Å²) in [7, 11) is 1.94. The van der Waals surface area contributed by atoms with E-state index >= 15 is 0 Å². The molecule has 1 amide bonds. The Kier molecular flexibility index (Phi) is 4.52. The van der Waals surface area contributed by atoms with Crippen molar-refractivity contribution in [1.29, 1.82) is 0 Å². The standard InChI is InChI=1S/C12H13BClN5O/c1-7(9-3-4-10(14)17-16-9)12(20)19-18-11-5-2-8(13)6-15-11/h2-7H,13H2,1H3,(H,15,18)(H,19,20). The Morgan fingerprint density at radius 3 is 2.70 bits per heavy atom. The van der Waals surface area contributed by atoms with Gasteiger partial charge < -0.3 is 0 Å². The first kappa shape index (κ1) is 14.3. The summed E-state index contributed by atoms with van der Waals surface area (Å²) >= 11 is 5.66. The number of carbonyl (C=O) groups excluding carboxylic acids is 1. The molecule has 102 valence electrons. The van der Waals surface area contributed by atoms with Gasteiger partial charge in [-0.25, -0.2) is 4.98 Å². The minimum atomic E-state index is -0.447. The summed E-state index contributed by atoms with van der Waals surface area (Å²) in [5.41, 5.74) is 6.92. The summed E-state index contributed by atoms with van der Waals surface area (Å²) in [5, 5.41) is 7.89. The Morgan fingerprint density at radius 1 is 1.30 bits per heavy atom. The molecule has 2 N–H and O–H groups in total. The van der Waals surface area contributed by atoms with Crippen LogP contribution >= 0.6 is 11.6 Å². The molecule has 0 aromatic carbocycles. The first-order valence-electron chi connectivity index (χ1n) is 6.04. The van der Waals surface area contributed by atoms with E-state index in [-0.39, 0.29) is 5.91 Å². The molecule has 2 rings (SSSR count). The lowest BCUT2D eigenvalue weighted by Gasteiger charge is -2.12. The van der Waals surface area contributed by atoms with Crippen LogP contribution in [0, 0.1) is 0 Å². The van der Waals surface area contributed by atoms with Gasteiger partial charge >= 0.3 is 0 Å². The number of amides is 1. The number of nitrogens with zero attached hydrogens (tertiary/aromatic N) is 3. The highest BCUT2D eigenvalue weighted by molar-refractivity contribution is 6.32. The minimum absolute atomic E-state index is 0.232. The van der Waals surface area contributed by atoms with Gasteiger partial charge in [-0.2, -0.15) is 5.10 Å². The van der Waals surface area contributed by atoms with E-state index in [9.17, 15) is 4.79 Å². The molecule has 1 unspecified atom stereocenters. The van der Waals surface area contributed by atoms with E-state index in [4.69, 9.17) is 11.6 Å². The fourth-order valence-corrected chi connectivity index (χ4v) is 1.57. The van der Waals surface area contributed by atoms with Gasteiger partial charge in [0.25, 0.3) is 0 Å². The highest BCUT2D eigenvalue weighted by Crippen LogP contribution is 2.13. The number of hydrogen-bond acceptors (Lipinski definition) is 5. The second kappa shape index (κ2) is 6.34. The molecule has 0 aliphatic heterocycles. The Balaban J connectivity index is 1.94. The highest BCUT2D eigenvalue weighted by atomic mass is 35.5. The number of hydrogen-bond donors (Lipinski definition) is 2. The smallest absolute Gasteiger partial charge is 0.247 e. The van der Waals surface area contributed by atoms with Gasteiger partial charge in [0.1, 0.15) is 13.7 Å². The molecule has 0 aliphatic carbocycles. The fraction of sp³-hybridized carbons (Fsp3) is 0.167. The average molecular weight is 290 g/mol. The number of aromatic nitrogens is 3. The van der Waals surface area contributed by atoms with Crippen molar-refractivity contribution in [3.05, 3.63) is 41.3 Å². The van der Waals surface area contributed by atoms with E-state index in [0.717, 1.165) is 5.46 Å². The molecule has 2 aromatic heterocycles. The van der Waals surface area contributed by atoms with Crippen LogP contribution in [-0.4, -0.2) is 28.9 Å². The monoisotopic (exact) mass is 289 g/mol. The molecular weight excluding hydrogens is 276 g/mol. The van der Waals surface area contributed by atoms with Crippen LogP contribution in [0.15, 0.2) is 30.5 Å². The van der Waals surface area contributed by atoms with Gasteiger partial charge in [0.2, 0.25) is 5.91 Å². The zero-order valence-corrected chi connectivity index (χ0v) is 11.8. The first-order valence-corrected chi connectivity index (χ1v) is 6.41. The second-order valence-corrected chi connectivity index (χ2v) is 4.72. The van der Waals surface area contributed by atoms with E-state index < -0.39 is 5.92 Å². The van der Waals surface area contributed by atoms with Gasteiger partial charge in [0.05, 0.1) is 11.6 Å². The topological polar surface area (TPSA) is 79.8 Å². The summed E-state index contributed by atoms with van der Waals surface area (Å²) in [5.74, 6) is -0.111. The van der Waals surface area contributed by atoms with Gasteiger partial charge in [-0.3, -0.25) is 15.6 Å². The zero-order chi connectivity index (χ0) is 14.5. The van der Waals surface area contributed by atoms with Gasteiger partial charge in [-0.15, -0.1) is 5.10 Å². The van der Waals surface area contributed by atoms with Crippen molar-refractivity contribution in [2.45, 2.75) is 12.8 Å². The van der Waals surface area contributed by atoms with Crippen molar-refractivity contribution in [3.63, 3.8) is 0 Å². The molecule has 2 aromatic rings. The molecule has 0 radical (unpaired) electrons. The molecule has 8 heteroatoms. The molecule has 0 aliphatic rings. The van der Waals surface area contributed by atoms with Crippen LogP contribution in [0.3, 0.4) is 0 Å². The van der Waals surface area contributed by atoms with Crippen molar-refractivity contribution < 1.29 is 4.79 Å². The van der Waals surface area contributed by atoms with Crippen LogP contribution in [0.1, 0.15) is 18.5 Å². The van der Waals surface area contributed by atoms with Gasteiger partial charge in [-0.05, 0) is 25.1 Å². The normalized spacial score (nSPS) is 11.7. The minimum Gasteiger partial charge on any atom is -0.282 e. The summed E-state index contributed by atoms with van der Waals surface area (Å²) < 4.78 is 0. The lowest BCUT2D eigenvalue weighted by molar-refractivity contribution is -0.121. The van der Waals surface area contributed by atoms with E-state index in [1.54, 1.807) is 31.3 Å². The summed E-state index contributed by atoms with van der Waals surface area (Å²) in [6.07, 6.45) is 1.71. The number of anilines is 1. The van der Waals surface area contributed by atoms with Crippen molar-refractivity contribution in [1.82, 2.24) is 20.6 Å². The van der Waals surface area contributed by atoms with Crippen LogP contribution in [0.4, 0.5) is 5.82 Å². The van der Waals surface area contributed by atoms with Gasteiger partial charge in [0, 0.05) is 6.20 Å². The Hall–Kier alpha value is -2.15. The molecule has 0 bridgehead atoms. The quantitative estimate of drug-likeness (QED) is 0.613. The lowest BCUT2D eigenvalue weighted by atomic mass is 9.99. The van der Waals surface area contributed by atoms with Gasteiger partial charge in [0.15, 0.2) is 5.15 Å². The van der Waals surface area contributed by atoms with Crippen molar-refractivity contribution >= 4 is 36.6 Å². The molecule has 6 nitrogen and oxygen atoms in total. The molecular formula is C12H13BClN5O. The third kappa shape index (κ3) is 3.67. The largest absolute Gasteiger partial charge is 0.282 e. The SMILES string of the molecule is Bc1ccc(NNC(=O)C(C)c2ccc(Cl)nn2)nc1. The molecule has 0 saturated heterocycles. The number of halogens is 1. The Morgan fingerprint density at radius 2 is 2.10 bits per heavy atom. The van der Waals surface area contributed by atoms with E-state index in [1.807, 2.05) is 13.9 Å². The summed E-state index contributed by atoms with van der Waals surface area (Å²) in [4.78, 5) is 16.1. The molecule has 20 heavy (non-hydrogen) atoms. The molecule has 0 spiro atoms. The van der Waals surface area contributed by atoms with E-state index in [1.165, 1.54) is 0 Å². The highest BCUT2D eigenvalue weighted by Gasteiger charge is 2.16. The van der Waals surface area contributed by atoms with Crippen LogP contribution in [0.5, 0.6) is 0 Å². The predicted molar refractivity (Wildman–Crippen MR) is 79.6 cm³/mol. The number of carbonyl (C=O) groups is 1. The Labute approximate surface area is 122 Å². The molecule has 0 fully saturated rings. The van der Waals surface area contributed by atoms with Crippen molar-refractivity contribution in [2.24, 2.45) is 0 Å².